The van der Waals surface area contributed by atoms with Crippen molar-refractivity contribution in [2.45, 2.75) is 26.2 Å². The molecule has 0 aliphatic carbocycles. The highest BCUT2D eigenvalue weighted by atomic mass is 16.5. The number of nitrogens with zero attached hydrogens (tertiary/aromatic N) is 2. The Bertz CT molecular complexity index is 411. The number of benzene rings is 1. The van der Waals surface area contributed by atoms with Gasteiger partial charge >= 0.3 is 0 Å². The van der Waals surface area contributed by atoms with Crippen molar-refractivity contribution >= 4 is 12.2 Å². The van der Waals surface area contributed by atoms with Crippen LogP contribution in [0.15, 0.2) is 34.5 Å². The summed E-state index contributed by atoms with van der Waals surface area (Å²) in [5.41, 5.74) is 11.2. The average Bonchev–Trinajstić information content (AvgIpc) is 2.36. The van der Waals surface area contributed by atoms with E-state index in [1.165, 1.54) is 12.8 Å². The SMILES string of the molecule is CCCCCOc1ccccc1/C=N\N=C(N)N. The fourth-order valence-electron chi connectivity index (χ4n) is 1.41. The van der Waals surface area contributed by atoms with Crippen molar-refractivity contribution in [2.75, 3.05) is 6.61 Å². The number of ether oxygens (including phenoxy) is 1. The summed E-state index contributed by atoms with van der Waals surface area (Å²) in [4.78, 5) is 0. The van der Waals surface area contributed by atoms with Crippen molar-refractivity contribution in [1.29, 1.82) is 0 Å². The third kappa shape index (κ3) is 5.34. The maximum atomic E-state index is 5.69. The second-order valence-electron chi connectivity index (χ2n) is 3.86. The van der Waals surface area contributed by atoms with Gasteiger partial charge in [-0.25, -0.2) is 0 Å². The molecule has 0 amide bonds. The topological polar surface area (TPSA) is 86.0 Å². The van der Waals surface area contributed by atoms with E-state index in [-0.39, 0.29) is 5.96 Å². The van der Waals surface area contributed by atoms with Gasteiger partial charge < -0.3 is 16.2 Å². The van der Waals surface area contributed by atoms with Crippen LogP contribution >= 0.6 is 0 Å². The van der Waals surface area contributed by atoms with Crippen LogP contribution in [0, 0.1) is 0 Å². The number of nitrogens with two attached hydrogens (primary N) is 2. The molecule has 0 aliphatic rings. The molecule has 98 valence electrons. The van der Waals surface area contributed by atoms with Gasteiger partial charge in [-0.3, -0.25) is 0 Å². The molecule has 1 rings (SSSR count). The van der Waals surface area contributed by atoms with E-state index in [2.05, 4.69) is 17.1 Å². The Labute approximate surface area is 108 Å². The molecule has 4 N–H and O–H groups in total. The predicted molar refractivity (Wildman–Crippen MR) is 74.9 cm³/mol. The first kappa shape index (κ1) is 14.0. The summed E-state index contributed by atoms with van der Waals surface area (Å²) in [5.74, 6) is 0.732. The number of para-hydroxylation sites is 1. The average molecular weight is 248 g/mol. The monoisotopic (exact) mass is 248 g/mol. The molecule has 0 saturated carbocycles. The normalized spacial score (nSPS) is 10.5. The summed E-state index contributed by atoms with van der Waals surface area (Å²) in [5, 5.41) is 7.34. The van der Waals surface area contributed by atoms with Crippen molar-refractivity contribution in [2.24, 2.45) is 21.7 Å². The molecule has 0 aliphatic heterocycles. The minimum absolute atomic E-state index is 0.0624. The van der Waals surface area contributed by atoms with Crippen molar-refractivity contribution in [1.82, 2.24) is 0 Å². The van der Waals surface area contributed by atoms with E-state index in [0.717, 1.165) is 17.7 Å². The molecule has 1 aromatic carbocycles. The number of unbranched alkanes of at least 4 members (excludes halogenated alkanes) is 2. The van der Waals surface area contributed by atoms with Gasteiger partial charge in [0.15, 0.2) is 0 Å². The van der Waals surface area contributed by atoms with Gasteiger partial charge in [-0.1, -0.05) is 31.9 Å². The molecular weight excluding hydrogens is 228 g/mol. The highest BCUT2D eigenvalue weighted by Gasteiger charge is 1.99. The number of guanidine groups is 1. The lowest BCUT2D eigenvalue weighted by Crippen LogP contribution is -2.21. The number of hydrogen-bond donors (Lipinski definition) is 2. The van der Waals surface area contributed by atoms with E-state index in [9.17, 15) is 0 Å². The molecule has 0 aromatic heterocycles. The second kappa shape index (κ2) is 8.11. The molecule has 18 heavy (non-hydrogen) atoms. The van der Waals surface area contributed by atoms with Crippen molar-refractivity contribution in [3.63, 3.8) is 0 Å². The summed E-state index contributed by atoms with van der Waals surface area (Å²) < 4.78 is 5.69. The lowest BCUT2D eigenvalue weighted by Gasteiger charge is -2.07. The third-order valence-corrected chi connectivity index (χ3v) is 2.29. The number of hydrogen-bond acceptors (Lipinski definition) is 3. The maximum Gasteiger partial charge on any atom is 0.211 e. The first-order valence-corrected chi connectivity index (χ1v) is 6.08. The largest absolute Gasteiger partial charge is 0.493 e. The van der Waals surface area contributed by atoms with Crippen LogP contribution < -0.4 is 16.2 Å². The van der Waals surface area contributed by atoms with Crippen molar-refractivity contribution in [3.8, 4) is 5.75 Å². The summed E-state index contributed by atoms with van der Waals surface area (Å²) >= 11 is 0. The molecular formula is C13H20N4O. The summed E-state index contributed by atoms with van der Waals surface area (Å²) in [7, 11) is 0. The molecule has 0 heterocycles. The second-order valence-corrected chi connectivity index (χ2v) is 3.86. The lowest BCUT2D eigenvalue weighted by atomic mass is 10.2. The zero-order valence-corrected chi connectivity index (χ0v) is 10.7. The van der Waals surface area contributed by atoms with E-state index in [0.29, 0.717) is 6.61 Å². The fraction of sp³-hybridized carbons (Fsp3) is 0.385. The predicted octanol–water partition coefficient (Wildman–Crippen LogP) is 1.86. The summed E-state index contributed by atoms with van der Waals surface area (Å²) in [6, 6.07) is 7.65. The first-order chi connectivity index (χ1) is 8.74. The van der Waals surface area contributed by atoms with Crippen LogP contribution in [0.25, 0.3) is 0 Å². The summed E-state index contributed by atoms with van der Waals surface area (Å²) in [6.45, 7) is 2.87. The molecule has 5 nitrogen and oxygen atoms in total. The van der Waals surface area contributed by atoms with Gasteiger partial charge in [0, 0.05) is 5.56 Å². The van der Waals surface area contributed by atoms with Crippen molar-refractivity contribution in [3.05, 3.63) is 29.8 Å². The highest BCUT2D eigenvalue weighted by Crippen LogP contribution is 2.16. The minimum Gasteiger partial charge on any atom is -0.493 e. The Morgan fingerprint density at radius 1 is 1.28 bits per heavy atom. The van der Waals surface area contributed by atoms with Crippen LogP contribution in [-0.2, 0) is 0 Å². The first-order valence-electron chi connectivity index (χ1n) is 6.08. The Kier molecular flexibility index (Phi) is 6.32. The van der Waals surface area contributed by atoms with Crippen LogP contribution in [0.2, 0.25) is 0 Å². The minimum atomic E-state index is -0.0624. The maximum absolute atomic E-state index is 5.69. The molecule has 0 saturated heterocycles. The molecule has 5 heteroatoms. The van der Waals surface area contributed by atoms with Gasteiger partial charge in [-0.2, -0.15) is 5.10 Å². The Morgan fingerprint density at radius 3 is 2.78 bits per heavy atom. The van der Waals surface area contributed by atoms with Gasteiger partial charge in [0.1, 0.15) is 5.75 Å². The standard InChI is InChI=1S/C13H20N4O/c1-2-3-6-9-18-12-8-5-4-7-11(12)10-16-17-13(14)15/h4-5,7-8,10H,2-3,6,9H2,1H3,(H4,14,15,17)/b16-10-. The molecule has 0 spiro atoms. The van der Waals surface area contributed by atoms with E-state index in [1.807, 2.05) is 24.3 Å². The Balaban J connectivity index is 2.61. The molecule has 0 radical (unpaired) electrons. The molecule has 0 bridgehead atoms. The molecule has 0 fully saturated rings. The van der Waals surface area contributed by atoms with E-state index < -0.39 is 0 Å². The van der Waals surface area contributed by atoms with E-state index in [1.54, 1.807) is 6.21 Å². The van der Waals surface area contributed by atoms with Gasteiger partial charge in [0.2, 0.25) is 5.96 Å². The number of rotatable bonds is 7. The van der Waals surface area contributed by atoms with Gasteiger partial charge in [0.05, 0.1) is 12.8 Å². The van der Waals surface area contributed by atoms with Crippen molar-refractivity contribution < 1.29 is 4.74 Å². The van der Waals surface area contributed by atoms with E-state index >= 15 is 0 Å². The molecule has 0 atom stereocenters. The van der Waals surface area contributed by atoms with Crippen LogP contribution in [-0.4, -0.2) is 18.8 Å². The fourth-order valence-corrected chi connectivity index (χ4v) is 1.41. The van der Waals surface area contributed by atoms with Crippen LogP contribution in [0.1, 0.15) is 31.7 Å². The Morgan fingerprint density at radius 2 is 2.06 bits per heavy atom. The van der Waals surface area contributed by atoms with Crippen LogP contribution in [0.3, 0.4) is 0 Å². The van der Waals surface area contributed by atoms with Gasteiger partial charge in [0.25, 0.3) is 0 Å². The lowest BCUT2D eigenvalue weighted by molar-refractivity contribution is 0.306. The smallest absolute Gasteiger partial charge is 0.211 e. The Hall–Kier alpha value is -2.04. The van der Waals surface area contributed by atoms with Crippen LogP contribution in [0.4, 0.5) is 0 Å². The zero-order valence-electron chi connectivity index (χ0n) is 10.7. The van der Waals surface area contributed by atoms with Gasteiger partial charge in [-0.05, 0) is 18.6 Å². The quantitative estimate of drug-likeness (QED) is 0.334. The van der Waals surface area contributed by atoms with Crippen LogP contribution in [0.5, 0.6) is 5.75 Å². The molecule has 0 unspecified atom stereocenters. The zero-order chi connectivity index (χ0) is 13.2. The highest BCUT2D eigenvalue weighted by molar-refractivity contribution is 5.84. The summed E-state index contributed by atoms with van der Waals surface area (Å²) in [6.07, 6.45) is 4.98. The van der Waals surface area contributed by atoms with E-state index in [4.69, 9.17) is 16.2 Å². The third-order valence-electron chi connectivity index (χ3n) is 2.29. The van der Waals surface area contributed by atoms with Gasteiger partial charge in [-0.15, -0.1) is 5.10 Å². The molecule has 1 aromatic rings.